The molecule has 3 heterocycles. The maximum atomic E-state index is 12.4. The van der Waals surface area contributed by atoms with Crippen LogP contribution in [0.25, 0.3) is 0 Å². The molecule has 27 heavy (non-hydrogen) atoms. The summed E-state index contributed by atoms with van der Waals surface area (Å²) in [6, 6.07) is 7.19. The summed E-state index contributed by atoms with van der Waals surface area (Å²) < 4.78 is 7.80. The highest BCUT2D eigenvalue weighted by molar-refractivity contribution is 6.32. The van der Waals surface area contributed by atoms with E-state index in [1.54, 1.807) is 12.1 Å². The Morgan fingerprint density at radius 2 is 2.00 bits per heavy atom. The van der Waals surface area contributed by atoms with Gasteiger partial charge in [0.1, 0.15) is 17.4 Å². The van der Waals surface area contributed by atoms with E-state index < -0.39 is 0 Å². The van der Waals surface area contributed by atoms with E-state index in [2.05, 4.69) is 20.1 Å². The number of hydrogen-bond donors (Lipinski definition) is 1. The molecule has 1 aromatic carbocycles. The number of fused-ring (bicyclic) bond motifs is 1. The Labute approximate surface area is 169 Å². The molecule has 146 valence electrons. The van der Waals surface area contributed by atoms with Crippen molar-refractivity contribution in [1.82, 2.24) is 25.0 Å². The van der Waals surface area contributed by atoms with Gasteiger partial charge in [0.25, 0.3) is 5.91 Å². The van der Waals surface area contributed by atoms with Crippen molar-refractivity contribution < 1.29 is 9.53 Å². The van der Waals surface area contributed by atoms with Gasteiger partial charge in [0.15, 0.2) is 6.61 Å². The highest BCUT2D eigenvalue weighted by atomic mass is 35.5. The van der Waals surface area contributed by atoms with E-state index in [9.17, 15) is 4.79 Å². The van der Waals surface area contributed by atoms with Crippen molar-refractivity contribution in [1.29, 1.82) is 0 Å². The van der Waals surface area contributed by atoms with Crippen LogP contribution < -0.4 is 10.1 Å². The molecule has 1 N–H and O–H groups in total. The smallest absolute Gasteiger partial charge is 0.260 e. The monoisotopic (exact) mass is 411 g/mol. The number of benzene rings is 1. The minimum atomic E-state index is -0.00385. The molecule has 0 atom stereocenters. The summed E-state index contributed by atoms with van der Waals surface area (Å²) in [6.45, 7) is 4.10. The lowest BCUT2D eigenvalue weighted by Gasteiger charge is -2.32. The van der Waals surface area contributed by atoms with Crippen LogP contribution in [0.5, 0.6) is 5.75 Å². The Bertz CT molecular complexity index is 790. The number of amides is 1. The summed E-state index contributed by atoms with van der Waals surface area (Å²) in [5, 5.41) is 12.5. The summed E-state index contributed by atoms with van der Waals surface area (Å²) in [5.74, 6) is 2.98. The Balaban J connectivity index is 0.00000210. The number of carbonyl (C=O) groups is 1. The summed E-state index contributed by atoms with van der Waals surface area (Å²) in [4.78, 5) is 14.3. The molecule has 0 radical (unpaired) electrons. The van der Waals surface area contributed by atoms with Gasteiger partial charge in [-0.1, -0.05) is 23.7 Å². The lowest BCUT2D eigenvalue weighted by atomic mass is 9.95. The van der Waals surface area contributed by atoms with Crippen LogP contribution in [0.2, 0.25) is 5.02 Å². The molecule has 9 heteroatoms. The zero-order chi connectivity index (χ0) is 17.9. The predicted molar refractivity (Wildman–Crippen MR) is 104 cm³/mol. The average Bonchev–Trinajstić information content (AvgIpc) is 3.11. The van der Waals surface area contributed by atoms with Crippen molar-refractivity contribution in [3.05, 3.63) is 40.9 Å². The van der Waals surface area contributed by atoms with Crippen molar-refractivity contribution in [2.75, 3.05) is 26.2 Å². The third-order valence-corrected chi connectivity index (χ3v) is 5.36. The van der Waals surface area contributed by atoms with Crippen LogP contribution in [0, 0.1) is 0 Å². The second kappa shape index (κ2) is 8.91. The first-order chi connectivity index (χ1) is 12.7. The standard InChI is InChI=1S/C18H22ClN5O2.ClH/c19-14-3-1-2-4-15(14)26-12-17(25)23-8-5-13(6-9-23)18-22-21-16-11-20-7-10-24(16)18;/h1-4,13,20H,5-12H2;1H. The Kier molecular flexibility index (Phi) is 6.57. The lowest BCUT2D eigenvalue weighted by Crippen LogP contribution is -2.41. The fourth-order valence-electron chi connectivity index (χ4n) is 3.60. The van der Waals surface area contributed by atoms with Gasteiger partial charge in [-0.05, 0) is 25.0 Å². The second-order valence-electron chi connectivity index (χ2n) is 6.68. The number of likely N-dealkylation sites (tertiary alicyclic amines) is 1. The first-order valence-corrected chi connectivity index (χ1v) is 9.38. The Hall–Kier alpha value is -1.83. The van der Waals surface area contributed by atoms with Gasteiger partial charge in [0.05, 0.1) is 11.6 Å². The average molecular weight is 412 g/mol. The SMILES string of the molecule is Cl.O=C(COc1ccccc1Cl)N1CCC(c2nnc3n2CCNC3)CC1. The zero-order valence-electron chi connectivity index (χ0n) is 14.9. The topological polar surface area (TPSA) is 72.3 Å². The van der Waals surface area contributed by atoms with Gasteiger partial charge in [-0.3, -0.25) is 4.79 Å². The number of hydrogen-bond acceptors (Lipinski definition) is 5. The molecular formula is C18H23Cl2N5O2. The van der Waals surface area contributed by atoms with Crippen LogP contribution in [-0.4, -0.2) is 51.8 Å². The second-order valence-corrected chi connectivity index (χ2v) is 7.08. The van der Waals surface area contributed by atoms with Gasteiger partial charge in [-0.15, -0.1) is 22.6 Å². The number of nitrogens with zero attached hydrogens (tertiary/aromatic N) is 4. The lowest BCUT2D eigenvalue weighted by molar-refractivity contribution is -0.134. The number of nitrogens with one attached hydrogen (secondary N) is 1. The molecule has 0 unspecified atom stereocenters. The molecule has 1 aromatic heterocycles. The van der Waals surface area contributed by atoms with E-state index in [-0.39, 0.29) is 24.9 Å². The third-order valence-electron chi connectivity index (χ3n) is 5.05. The van der Waals surface area contributed by atoms with Crippen molar-refractivity contribution in [3.63, 3.8) is 0 Å². The van der Waals surface area contributed by atoms with Gasteiger partial charge < -0.3 is 19.5 Å². The molecule has 1 fully saturated rings. The fourth-order valence-corrected chi connectivity index (χ4v) is 3.79. The predicted octanol–water partition coefficient (Wildman–Crippen LogP) is 2.24. The Morgan fingerprint density at radius 1 is 1.22 bits per heavy atom. The summed E-state index contributed by atoms with van der Waals surface area (Å²) in [6.07, 6.45) is 1.81. The van der Waals surface area contributed by atoms with Crippen molar-refractivity contribution >= 4 is 29.9 Å². The number of para-hydroxylation sites is 1. The molecular weight excluding hydrogens is 389 g/mol. The van der Waals surface area contributed by atoms with E-state index in [1.165, 1.54) is 0 Å². The fraction of sp³-hybridized carbons (Fsp3) is 0.500. The van der Waals surface area contributed by atoms with Gasteiger partial charge in [-0.25, -0.2) is 0 Å². The number of aromatic nitrogens is 3. The van der Waals surface area contributed by atoms with Crippen LogP contribution in [0.1, 0.15) is 30.4 Å². The molecule has 2 aliphatic heterocycles. The number of rotatable bonds is 4. The van der Waals surface area contributed by atoms with Crippen LogP contribution in [-0.2, 0) is 17.9 Å². The number of piperidine rings is 1. The summed E-state index contributed by atoms with van der Waals surface area (Å²) >= 11 is 6.06. The molecule has 1 saturated heterocycles. The van der Waals surface area contributed by atoms with E-state index in [0.29, 0.717) is 16.7 Å². The highest BCUT2D eigenvalue weighted by Gasteiger charge is 2.28. The Morgan fingerprint density at radius 3 is 2.78 bits per heavy atom. The normalized spacial score (nSPS) is 17.1. The van der Waals surface area contributed by atoms with E-state index in [0.717, 1.165) is 57.2 Å². The van der Waals surface area contributed by atoms with Gasteiger partial charge >= 0.3 is 0 Å². The largest absolute Gasteiger partial charge is 0.482 e. The van der Waals surface area contributed by atoms with Gasteiger partial charge in [0.2, 0.25) is 0 Å². The molecule has 7 nitrogen and oxygen atoms in total. The van der Waals surface area contributed by atoms with Gasteiger partial charge in [-0.2, -0.15) is 0 Å². The van der Waals surface area contributed by atoms with Crippen molar-refractivity contribution in [2.45, 2.75) is 31.8 Å². The molecule has 4 rings (SSSR count). The molecule has 1 amide bonds. The molecule has 0 bridgehead atoms. The van der Waals surface area contributed by atoms with E-state index in [1.807, 2.05) is 17.0 Å². The first kappa shape index (κ1) is 19.9. The first-order valence-electron chi connectivity index (χ1n) is 9.00. The highest BCUT2D eigenvalue weighted by Crippen LogP contribution is 2.28. The number of halogens is 2. The minimum absolute atomic E-state index is 0. The maximum Gasteiger partial charge on any atom is 0.260 e. The zero-order valence-corrected chi connectivity index (χ0v) is 16.5. The van der Waals surface area contributed by atoms with Crippen LogP contribution in [0.3, 0.4) is 0 Å². The summed E-state index contributed by atoms with van der Waals surface area (Å²) in [7, 11) is 0. The van der Waals surface area contributed by atoms with Crippen LogP contribution in [0.4, 0.5) is 0 Å². The van der Waals surface area contributed by atoms with Crippen molar-refractivity contribution in [2.24, 2.45) is 0 Å². The minimum Gasteiger partial charge on any atom is -0.482 e. The maximum absolute atomic E-state index is 12.4. The summed E-state index contributed by atoms with van der Waals surface area (Å²) in [5.41, 5.74) is 0. The molecule has 0 saturated carbocycles. The van der Waals surface area contributed by atoms with Crippen LogP contribution >= 0.6 is 24.0 Å². The quantitative estimate of drug-likeness (QED) is 0.834. The molecule has 0 spiro atoms. The molecule has 0 aliphatic carbocycles. The van der Waals surface area contributed by atoms with Crippen molar-refractivity contribution in [3.8, 4) is 5.75 Å². The van der Waals surface area contributed by atoms with E-state index >= 15 is 0 Å². The third kappa shape index (κ3) is 4.36. The van der Waals surface area contributed by atoms with Gasteiger partial charge in [0, 0.05) is 32.1 Å². The molecule has 2 aliphatic rings. The molecule has 2 aromatic rings. The number of carbonyl (C=O) groups excluding carboxylic acids is 1. The van der Waals surface area contributed by atoms with Crippen LogP contribution in [0.15, 0.2) is 24.3 Å². The number of ether oxygens (including phenoxy) is 1. The van der Waals surface area contributed by atoms with E-state index in [4.69, 9.17) is 16.3 Å².